The van der Waals surface area contributed by atoms with Crippen LogP contribution in [0.15, 0.2) is 106 Å². The minimum absolute atomic E-state index is 0.152. The fraction of sp³-hybridized carbons (Fsp3) is 0.300. The summed E-state index contributed by atoms with van der Waals surface area (Å²) in [6, 6.07) is 32.8. The zero-order valence-corrected chi connectivity index (χ0v) is 28.3. The molecule has 0 radical (unpaired) electrons. The van der Waals surface area contributed by atoms with Gasteiger partial charge in [0.2, 0.25) is 5.96 Å². The quantitative estimate of drug-likeness (QED) is 0.196. The molecule has 0 spiro atoms. The number of fused-ring (bicyclic) bond motifs is 4. The van der Waals surface area contributed by atoms with E-state index in [1.165, 1.54) is 0 Å². The first-order valence-electron chi connectivity index (χ1n) is 16.3. The fourth-order valence-electron chi connectivity index (χ4n) is 7.33. The van der Waals surface area contributed by atoms with Crippen LogP contribution in [0.5, 0.6) is 0 Å². The molecule has 0 aliphatic carbocycles. The number of aromatic nitrogens is 3. The lowest BCUT2D eigenvalue weighted by atomic mass is 9.76. The summed E-state index contributed by atoms with van der Waals surface area (Å²) >= 11 is 0. The summed E-state index contributed by atoms with van der Waals surface area (Å²) in [5, 5.41) is 2.06. The van der Waals surface area contributed by atoms with E-state index in [2.05, 4.69) is 95.5 Å². The number of guanidine groups is 1. The first kappa shape index (κ1) is 29.4. The molecule has 7 nitrogen and oxygen atoms in total. The van der Waals surface area contributed by atoms with Gasteiger partial charge in [-0.15, -0.1) is 0 Å². The molecule has 0 atom stereocenters. The van der Waals surface area contributed by atoms with Crippen LogP contribution in [0, 0.1) is 0 Å². The standard InChI is InChI=1S/C40H40N6O/c1-37(2)38(3,4)46-36(44-37)45(39(5,6)40(46,7)8)27-22-23-31-30(24-27)28-20-15-21-29(32(28)47-31)35-42-33(25-16-11-9-12-17-25)41-34(43-35)26-18-13-10-14-19-26/h9-24H,1-8H3. The summed E-state index contributed by atoms with van der Waals surface area (Å²) in [5.41, 5.74) is 4.57. The first-order chi connectivity index (χ1) is 22.3. The first-order valence-corrected chi connectivity index (χ1v) is 16.3. The minimum atomic E-state index is -0.239. The number of furan rings is 1. The van der Waals surface area contributed by atoms with Crippen molar-refractivity contribution in [2.45, 2.75) is 77.5 Å². The van der Waals surface area contributed by atoms with Crippen LogP contribution in [0.1, 0.15) is 55.4 Å². The summed E-state index contributed by atoms with van der Waals surface area (Å²) in [5.74, 6) is 2.84. The summed E-state index contributed by atoms with van der Waals surface area (Å²) in [6.45, 7) is 18.4. The van der Waals surface area contributed by atoms with Crippen molar-refractivity contribution in [1.82, 2.24) is 19.9 Å². The van der Waals surface area contributed by atoms with Crippen LogP contribution < -0.4 is 4.90 Å². The summed E-state index contributed by atoms with van der Waals surface area (Å²) in [6.07, 6.45) is 0. The molecule has 4 heterocycles. The van der Waals surface area contributed by atoms with Crippen molar-refractivity contribution >= 4 is 33.6 Å². The lowest BCUT2D eigenvalue weighted by molar-refractivity contribution is 0.0529. The largest absolute Gasteiger partial charge is 0.455 e. The van der Waals surface area contributed by atoms with Gasteiger partial charge in [0, 0.05) is 27.6 Å². The Balaban J connectivity index is 1.30. The Hall–Kier alpha value is -5.04. The molecule has 6 aromatic rings. The smallest absolute Gasteiger partial charge is 0.203 e. The Bertz CT molecular complexity index is 2150. The monoisotopic (exact) mass is 620 g/mol. The molecule has 0 unspecified atom stereocenters. The van der Waals surface area contributed by atoms with Crippen LogP contribution in [0.4, 0.5) is 5.69 Å². The van der Waals surface area contributed by atoms with Crippen LogP contribution in [0.2, 0.25) is 0 Å². The molecule has 1 saturated heterocycles. The second-order valence-electron chi connectivity index (χ2n) is 14.8. The maximum absolute atomic E-state index is 6.63. The molecule has 8 rings (SSSR count). The molecule has 47 heavy (non-hydrogen) atoms. The highest BCUT2D eigenvalue weighted by Gasteiger charge is 2.65. The highest BCUT2D eigenvalue weighted by Crippen LogP contribution is 2.54. The van der Waals surface area contributed by atoms with E-state index >= 15 is 0 Å². The summed E-state index contributed by atoms with van der Waals surface area (Å²) in [7, 11) is 0. The molecule has 0 amide bonds. The zero-order chi connectivity index (χ0) is 32.9. The number of hydrogen-bond donors (Lipinski definition) is 0. The van der Waals surface area contributed by atoms with Crippen molar-refractivity contribution in [2.24, 2.45) is 4.99 Å². The third-order valence-electron chi connectivity index (χ3n) is 11.1. The van der Waals surface area contributed by atoms with Crippen molar-refractivity contribution in [3.63, 3.8) is 0 Å². The molecule has 0 saturated carbocycles. The maximum atomic E-state index is 6.63. The van der Waals surface area contributed by atoms with Gasteiger partial charge in [0.05, 0.1) is 27.7 Å². The SMILES string of the molecule is CC1(C)N=C2N(c3ccc4oc5c(-c6nc(-c7ccccc7)nc(-c7ccccc7)n6)cccc5c4c3)C(C)(C)C(C)(C)N2C1(C)C. The lowest BCUT2D eigenvalue weighted by Gasteiger charge is -2.50. The molecule has 0 bridgehead atoms. The van der Waals surface area contributed by atoms with Crippen LogP contribution in [0.3, 0.4) is 0 Å². The summed E-state index contributed by atoms with van der Waals surface area (Å²) in [4.78, 5) is 25.2. The number of anilines is 1. The molecule has 2 aliphatic rings. The molecule has 4 aromatic carbocycles. The topological polar surface area (TPSA) is 70.6 Å². The Kier molecular flexibility index (Phi) is 6.08. The summed E-state index contributed by atoms with van der Waals surface area (Å²) < 4.78 is 6.63. The van der Waals surface area contributed by atoms with Crippen molar-refractivity contribution < 1.29 is 4.42 Å². The highest BCUT2D eigenvalue weighted by molar-refractivity contribution is 6.12. The number of aliphatic imine (C=N–C) groups is 1. The van der Waals surface area contributed by atoms with Crippen molar-refractivity contribution in [3.05, 3.63) is 97.1 Å². The van der Waals surface area contributed by atoms with Gasteiger partial charge in [0.15, 0.2) is 17.5 Å². The van der Waals surface area contributed by atoms with E-state index in [1.807, 2.05) is 66.7 Å². The molecule has 7 heteroatoms. The third-order valence-corrected chi connectivity index (χ3v) is 11.1. The van der Waals surface area contributed by atoms with Crippen molar-refractivity contribution in [3.8, 4) is 34.2 Å². The second kappa shape index (κ2) is 9.74. The van der Waals surface area contributed by atoms with E-state index in [1.54, 1.807) is 0 Å². The van der Waals surface area contributed by atoms with Gasteiger partial charge in [-0.2, -0.15) is 0 Å². The molecular formula is C40H40N6O. The van der Waals surface area contributed by atoms with Crippen molar-refractivity contribution in [2.75, 3.05) is 4.90 Å². The van der Waals surface area contributed by atoms with Gasteiger partial charge in [-0.05, 0) is 79.7 Å². The normalized spacial score (nSPS) is 18.9. The van der Waals surface area contributed by atoms with E-state index < -0.39 is 0 Å². The van der Waals surface area contributed by atoms with E-state index in [0.717, 1.165) is 50.3 Å². The van der Waals surface area contributed by atoms with E-state index in [4.69, 9.17) is 24.4 Å². The number of benzene rings is 4. The van der Waals surface area contributed by atoms with Gasteiger partial charge in [0.25, 0.3) is 0 Å². The van der Waals surface area contributed by atoms with Crippen molar-refractivity contribution in [1.29, 1.82) is 0 Å². The van der Waals surface area contributed by atoms with Gasteiger partial charge < -0.3 is 14.2 Å². The lowest BCUT2D eigenvalue weighted by Crippen LogP contribution is -2.62. The van der Waals surface area contributed by atoms with E-state index in [0.29, 0.717) is 17.5 Å². The molecule has 1 fully saturated rings. The Morgan fingerprint density at radius 1 is 0.553 bits per heavy atom. The van der Waals surface area contributed by atoms with Crippen LogP contribution >= 0.6 is 0 Å². The van der Waals surface area contributed by atoms with Gasteiger partial charge in [-0.25, -0.2) is 19.9 Å². The Morgan fingerprint density at radius 2 is 1.15 bits per heavy atom. The van der Waals surface area contributed by atoms with Crippen LogP contribution in [-0.4, -0.2) is 48.0 Å². The minimum Gasteiger partial charge on any atom is -0.455 e. The fourth-order valence-corrected chi connectivity index (χ4v) is 7.33. The predicted octanol–water partition coefficient (Wildman–Crippen LogP) is 9.38. The zero-order valence-electron chi connectivity index (χ0n) is 28.3. The average Bonchev–Trinajstić information content (AvgIpc) is 3.57. The number of rotatable bonds is 4. The molecular weight excluding hydrogens is 580 g/mol. The number of hydrogen-bond acceptors (Lipinski definition) is 7. The Morgan fingerprint density at radius 3 is 1.77 bits per heavy atom. The van der Waals surface area contributed by atoms with Gasteiger partial charge in [0.1, 0.15) is 11.2 Å². The third kappa shape index (κ3) is 4.11. The second-order valence-corrected chi connectivity index (χ2v) is 14.8. The van der Waals surface area contributed by atoms with E-state index in [-0.39, 0.29) is 22.2 Å². The van der Waals surface area contributed by atoms with E-state index in [9.17, 15) is 0 Å². The predicted molar refractivity (Wildman–Crippen MR) is 191 cm³/mol. The molecule has 2 aliphatic heterocycles. The highest BCUT2D eigenvalue weighted by atomic mass is 16.3. The van der Waals surface area contributed by atoms with Gasteiger partial charge >= 0.3 is 0 Å². The van der Waals surface area contributed by atoms with Gasteiger partial charge in [-0.1, -0.05) is 72.8 Å². The van der Waals surface area contributed by atoms with Crippen LogP contribution in [-0.2, 0) is 0 Å². The Labute approximate surface area is 276 Å². The van der Waals surface area contributed by atoms with Crippen LogP contribution in [0.25, 0.3) is 56.1 Å². The average molecular weight is 621 g/mol. The molecule has 0 N–H and O–H groups in total. The molecule has 2 aromatic heterocycles. The number of para-hydroxylation sites is 1. The number of nitrogens with zero attached hydrogens (tertiary/aromatic N) is 6. The molecule has 236 valence electrons. The van der Waals surface area contributed by atoms with Gasteiger partial charge in [-0.3, -0.25) is 0 Å². The maximum Gasteiger partial charge on any atom is 0.203 e.